The van der Waals surface area contributed by atoms with Crippen LogP contribution in [0.25, 0.3) is 0 Å². The van der Waals surface area contributed by atoms with Gasteiger partial charge in [-0.3, -0.25) is 0 Å². The summed E-state index contributed by atoms with van der Waals surface area (Å²) in [6, 6.07) is 0. The van der Waals surface area contributed by atoms with Gasteiger partial charge in [-0.1, -0.05) is 13.3 Å². The zero-order chi connectivity index (χ0) is 8.72. The van der Waals surface area contributed by atoms with Gasteiger partial charge in [0.2, 0.25) is 0 Å². The summed E-state index contributed by atoms with van der Waals surface area (Å²) in [7, 11) is 0. The van der Waals surface area contributed by atoms with Crippen LogP contribution in [0.4, 0.5) is 4.79 Å². The monoisotopic (exact) mass is 169 g/mol. The van der Waals surface area contributed by atoms with E-state index in [0.29, 0.717) is 0 Å². The van der Waals surface area contributed by atoms with Gasteiger partial charge in [0.1, 0.15) is 6.10 Å². The summed E-state index contributed by atoms with van der Waals surface area (Å²) in [6.07, 6.45) is 2.88. The Labute approximate surface area is 72.3 Å². The Morgan fingerprint density at radius 1 is 1.50 bits per heavy atom. The van der Waals surface area contributed by atoms with E-state index in [2.05, 4.69) is 6.92 Å². The fourth-order valence-electron chi connectivity index (χ4n) is 2.79. The lowest BCUT2D eigenvalue weighted by Gasteiger charge is -2.12. The molecule has 0 bridgehead atoms. The van der Waals surface area contributed by atoms with Crippen LogP contribution in [0.5, 0.6) is 0 Å². The van der Waals surface area contributed by atoms with Gasteiger partial charge in [-0.05, 0) is 30.6 Å². The van der Waals surface area contributed by atoms with E-state index in [1.54, 1.807) is 0 Å². The molecule has 0 aliphatic heterocycles. The van der Waals surface area contributed by atoms with Crippen molar-refractivity contribution < 1.29 is 9.53 Å². The summed E-state index contributed by atoms with van der Waals surface area (Å²) in [4.78, 5) is 10.4. The molecule has 4 atom stereocenters. The molecule has 2 saturated carbocycles. The Hall–Kier alpha value is -0.730. The summed E-state index contributed by atoms with van der Waals surface area (Å²) in [5.74, 6) is 2.58. The Morgan fingerprint density at radius 2 is 2.08 bits per heavy atom. The molecule has 3 unspecified atom stereocenters. The van der Waals surface area contributed by atoms with Gasteiger partial charge in [-0.15, -0.1) is 0 Å². The van der Waals surface area contributed by atoms with Gasteiger partial charge in [0, 0.05) is 0 Å². The zero-order valence-electron chi connectivity index (χ0n) is 7.32. The number of ether oxygens (including phenoxy) is 1. The molecule has 2 fully saturated rings. The quantitative estimate of drug-likeness (QED) is 0.681. The van der Waals surface area contributed by atoms with Crippen molar-refractivity contribution in [2.45, 2.75) is 32.3 Å². The number of nitrogens with two attached hydrogens (primary N) is 1. The van der Waals surface area contributed by atoms with Crippen molar-refractivity contribution in [3.63, 3.8) is 0 Å². The van der Waals surface area contributed by atoms with Crippen molar-refractivity contribution >= 4 is 6.09 Å². The van der Waals surface area contributed by atoms with Crippen LogP contribution in [-0.2, 0) is 4.74 Å². The third kappa shape index (κ3) is 1.17. The molecule has 2 N–H and O–H groups in total. The normalized spacial score (nSPS) is 43.8. The van der Waals surface area contributed by atoms with Gasteiger partial charge in [-0.2, -0.15) is 0 Å². The van der Waals surface area contributed by atoms with Crippen molar-refractivity contribution in [1.82, 2.24) is 0 Å². The molecule has 2 aliphatic rings. The Bertz CT molecular complexity index is 193. The summed E-state index contributed by atoms with van der Waals surface area (Å²) in [5, 5.41) is 0. The van der Waals surface area contributed by atoms with Crippen LogP contribution in [0, 0.1) is 17.8 Å². The molecule has 0 heterocycles. The SMILES string of the molecule is CCC1C2CC(OC(N)=O)C[C@H]12. The summed E-state index contributed by atoms with van der Waals surface area (Å²) >= 11 is 0. The predicted molar refractivity (Wildman–Crippen MR) is 44.5 cm³/mol. The first-order valence-corrected chi connectivity index (χ1v) is 4.68. The molecule has 12 heavy (non-hydrogen) atoms. The second kappa shape index (κ2) is 2.64. The van der Waals surface area contributed by atoms with Crippen molar-refractivity contribution in [3.05, 3.63) is 0 Å². The van der Waals surface area contributed by atoms with Gasteiger partial charge in [0.25, 0.3) is 0 Å². The summed E-state index contributed by atoms with van der Waals surface area (Å²) in [6.45, 7) is 2.23. The van der Waals surface area contributed by atoms with E-state index >= 15 is 0 Å². The first-order chi connectivity index (χ1) is 5.72. The Balaban J connectivity index is 1.78. The largest absolute Gasteiger partial charge is 0.446 e. The molecule has 3 nitrogen and oxygen atoms in total. The number of primary amides is 1. The molecule has 0 saturated heterocycles. The first-order valence-electron chi connectivity index (χ1n) is 4.68. The fraction of sp³-hybridized carbons (Fsp3) is 0.889. The maximum Gasteiger partial charge on any atom is 0.404 e. The van der Waals surface area contributed by atoms with Crippen LogP contribution in [0.2, 0.25) is 0 Å². The molecule has 2 rings (SSSR count). The maximum atomic E-state index is 10.4. The van der Waals surface area contributed by atoms with Gasteiger partial charge in [-0.25, -0.2) is 4.79 Å². The average molecular weight is 169 g/mol. The third-order valence-electron chi connectivity index (χ3n) is 3.33. The van der Waals surface area contributed by atoms with Gasteiger partial charge in [0.05, 0.1) is 0 Å². The maximum absolute atomic E-state index is 10.4. The summed E-state index contributed by atoms with van der Waals surface area (Å²) in [5.41, 5.74) is 4.94. The molecular formula is C9H15NO2. The lowest BCUT2D eigenvalue weighted by atomic mass is 10.1. The standard InChI is InChI=1S/C9H15NO2/c1-2-6-7-3-5(4-8(6)7)12-9(10)11/h5-8H,2-4H2,1H3,(H2,10,11)/t5?,6?,7-,8?/m1/s1. The van der Waals surface area contributed by atoms with Crippen molar-refractivity contribution in [2.24, 2.45) is 23.5 Å². The molecule has 68 valence electrons. The first kappa shape index (κ1) is 7.90. The number of carbonyl (C=O) groups is 1. The number of hydrogen-bond acceptors (Lipinski definition) is 2. The third-order valence-corrected chi connectivity index (χ3v) is 3.33. The van der Waals surface area contributed by atoms with E-state index in [4.69, 9.17) is 10.5 Å². The highest BCUT2D eigenvalue weighted by atomic mass is 16.6. The highest BCUT2D eigenvalue weighted by Crippen LogP contribution is 2.59. The van der Waals surface area contributed by atoms with Crippen LogP contribution in [0.3, 0.4) is 0 Å². The van der Waals surface area contributed by atoms with Gasteiger partial charge >= 0.3 is 6.09 Å². The van der Waals surface area contributed by atoms with Crippen LogP contribution in [0.1, 0.15) is 26.2 Å². The van der Waals surface area contributed by atoms with E-state index in [1.165, 1.54) is 6.42 Å². The molecule has 1 amide bonds. The molecule has 0 aromatic heterocycles. The second-order valence-corrected chi connectivity index (χ2v) is 3.93. The molecule has 0 spiro atoms. The minimum Gasteiger partial charge on any atom is -0.446 e. The van der Waals surface area contributed by atoms with Crippen molar-refractivity contribution in [3.8, 4) is 0 Å². The zero-order valence-corrected chi connectivity index (χ0v) is 7.32. The number of hydrogen-bond donors (Lipinski definition) is 1. The van der Waals surface area contributed by atoms with E-state index in [0.717, 1.165) is 30.6 Å². The highest BCUT2D eigenvalue weighted by Gasteiger charge is 2.55. The van der Waals surface area contributed by atoms with Crippen LogP contribution >= 0.6 is 0 Å². The van der Waals surface area contributed by atoms with E-state index < -0.39 is 6.09 Å². The second-order valence-electron chi connectivity index (χ2n) is 3.93. The Kier molecular flexibility index (Phi) is 1.74. The smallest absolute Gasteiger partial charge is 0.404 e. The summed E-state index contributed by atoms with van der Waals surface area (Å²) < 4.78 is 4.94. The fourth-order valence-corrected chi connectivity index (χ4v) is 2.79. The molecule has 0 radical (unpaired) electrons. The molecular weight excluding hydrogens is 154 g/mol. The topological polar surface area (TPSA) is 52.3 Å². The van der Waals surface area contributed by atoms with E-state index in [9.17, 15) is 4.79 Å². The van der Waals surface area contributed by atoms with Crippen LogP contribution in [0.15, 0.2) is 0 Å². The predicted octanol–water partition coefficient (Wildman–Crippen LogP) is 1.52. The lowest BCUT2D eigenvalue weighted by Crippen LogP contribution is -2.22. The van der Waals surface area contributed by atoms with Crippen LogP contribution < -0.4 is 5.73 Å². The molecule has 3 heteroatoms. The molecule has 2 aliphatic carbocycles. The van der Waals surface area contributed by atoms with E-state index in [-0.39, 0.29) is 6.10 Å². The minimum absolute atomic E-state index is 0.125. The Morgan fingerprint density at radius 3 is 2.50 bits per heavy atom. The van der Waals surface area contributed by atoms with Crippen LogP contribution in [-0.4, -0.2) is 12.2 Å². The number of amides is 1. The lowest BCUT2D eigenvalue weighted by molar-refractivity contribution is 0.0994. The number of carbonyl (C=O) groups excluding carboxylic acids is 1. The minimum atomic E-state index is -0.616. The van der Waals surface area contributed by atoms with Gasteiger partial charge in [0.15, 0.2) is 0 Å². The molecule has 0 aromatic rings. The van der Waals surface area contributed by atoms with E-state index in [1.807, 2.05) is 0 Å². The number of rotatable bonds is 2. The average Bonchev–Trinajstić information content (AvgIpc) is 2.45. The highest BCUT2D eigenvalue weighted by molar-refractivity contribution is 5.64. The van der Waals surface area contributed by atoms with Crippen molar-refractivity contribution in [1.29, 1.82) is 0 Å². The number of fused-ring (bicyclic) bond motifs is 1. The molecule has 0 aromatic carbocycles. The van der Waals surface area contributed by atoms with Crippen molar-refractivity contribution in [2.75, 3.05) is 0 Å². The van der Waals surface area contributed by atoms with Gasteiger partial charge < -0.3 is 10.5 Å².